The Bertz CT molecular complexity index is 462. The van der Waals surface area contributed by atoms with Crippen molar-refractivity contribution in [3.8, 4) is 5.75 Å². The summed E-state index contributed by atoms with van der Waals surface area (Å²) in [5, 5.41) is 4.11. The van der Waals surface area contributed by atoms with Gasteiger partial charge in [0.05, 0.1) is 6.61 Å². The van der Waals surface area contributed by atoms with Crippen molar-refractivity contribution >= 4 is 0 Å². The molecule has 0 fully saturated rings. The van der Waals surface area contributed by atoms with Crippen LogP contribution in [0, 0.1) is 0 Å². The molecule has 0 saturated carbocycles. The Morgan fingerprint density at radius 2 is 2.00 bits per heavy atom. The van der Waals surface area contributed by atoms with Crippen LogP contribution in [0.1, 0.15) is 11.3 Å². The topological polar surface area (TPSA) is 53.1 Å². The summed E-state index contributed by atoms with van der Waals surface area (Å²) in [6.45, 7) is 1.22. The summed E-state index contributed by atoms with van der Waals surface area (Å²) in [4.78, 5) is 0. The van der Waals surface area contributed by atoms with Crippen molar-refractivity contribution in [3.05, 3.63) is 47.8 Å². The van der Waals surface area contributed by atoms with Crippen LogP contribution in [-0.4, -0.2) is 16.4 Å². The lowest BCUT2D eigenvalue weighted by Gasteiger charge is -2.07. The van der Waals surface area contributed by atoms with Crippen molar-refractivity contribution in [3.63, 3.8) is 0 Å². The maximum Gasteiger partial charge on any atom is 0.119 e. The normalized spacial score (nSPS) is 10.5. The summed E-state index contributed by atoms with van der Waals surface area (Å²) in [5.74, 6) is 0.879. The molecule has 2 aromatic rings. The second kappa shape index (κ2) is 5.50. The molecule has 0 amide bonds. The minimum Gasteiger partial charge on any atom is -0.493 e. The molecule has 17 heavy (non-hydrogen) atoms. The molecule has 2 rings (SSSR count). The third-order valence-electron chi connectivity index (χ3n) is 2.71. The van der Waals surface area contributed by atoms with E-state index in [1.54, 1.807) is 6.20 Å². The zero-order valence-corrected chi connectivity index (χ0v) is 9.97. The fourth-order valence-electron chi connectivity index (χ4n) is 1.64. The van der Waals surface area contributed by atoms with E-state index in [1.165, 1.54) is 5.69 Å². The van der Waals surface area contributed by atoms with Gasteiger partial charge >= 0.3 is 0 Å². The van der Waals surface area contributed by atoms with Crippen molar-refractivity contribution in [2.75, 3.05) is 6.61 Å². The van der Waals surface area contributed by atoms with E-state index in [4.69, 9.17) is 10.5 Å². The van der Waals surface area contributed by atoms with E-state index in [0.29, 0.717) is 13.2 Å². The van der Waals surface area contributed by atoms with Gasteiger partial charge in [-0.1, -0.05) is 12.1 Å². The van der Waals surface area contributed by atoms with Gasteiger partial charge in [0.15, 0.2) is 0 Å². The van der Waals surface area contributed by atoms with Gasteiger partial charge in [0.2, 0.25) is 0 Å². The molecule has 0 aliphatic carbocycles. The average Bonchev–Trinajstić information content (AvgIpc) is 2.76. The molecular formula is C13H17N3O. The monoisotopic (exact) mass is 231 g/mol. The quantitative estimate of drug-likeness (QED) is 0.848. The molecule has 0 atom stereocenters. The van der Waals surface area contributed by atoms with E-state index in [1.807, 2.05) is 42.1 Å². The Morgan fingerprint density at radius 3 is 2.59 bits per heavy atom. The lowest BCUT2D eigenvalue weighted by molar-refractivity contribution is 0.318. The molecule has 0 bridgehead atoms. The van der Waals surface area contributed by atoms with Crippen LogP contribution in [0.25, 0.3) is 0 Å². The molecule has 4 heteroatoms. The summed E-state index contributed by atoms with van der Waals surface area (Å²) in [7, 11) is 1.94. The fourth-order valence-corrected chi connectivity index (χ4v) is 1.64. The molecule has 0 spiro atoms. The first-order chi connectivity index (χ1) is 8.29. The van der Waals surface area contributed by atoms with Gasteiger partial charge in [-0.2, -0.15) is 5.10 Å². The van der Waals surface area contributed by atoms with Gasteiger partial charge in [-0.15, -0.1) is 0 Å². The van der Waals surface area contributed by atoms with E-state index < -0.39 is 0 Å². The second-order valence-electron chi connectivity index (χ2n) is 3.89. The van der Waals surface area contributed by atoms with E-state index in [9.17, 15) is 0 Å². The number of nitrogens with two attached hydrogens (primary N) is 1. The largest absolute Gasteiger partial charge is 0.493 e. The smallest absolute Gasteiger partial charge is 0.119 e. The van der Waals surface area contributed by atoms with E-state index in [2.05, 4.69) is 5.10 Å². The highest BCUT2D eigenvalue weighted by atomic mass is 16.5. The van der Waals surface area contributed by atoms with Crippen molar-refractivity contribution < 1.29 is 4.74 Å². The Morgan fingerprint density at radius 1 is 1.24 bits per heavy atom. The third-order valence-corrected chi connectivity index (χ3v) is 2.71. The van der Waals surface area contributed by atoms with Gasteiger partial charge in [-0.25, -0.2) is 0 Å². The van der Waals surface area contributed by atoms with Gasteiger partial charge in [0, 0.05) is 31.9 Å². The first-order valence-corrected chi connectivity index (χ1v) is 5.68. The Labute approximate surface area is 101 Å². The number of nitrogens with zero attached hydrogens (tertiary/aromatic N) is 2. The lowest BCUT2D eigenvalue weighted by Crippen LogP contribution is -2.06. The predicted octanol–water partition coefficient (Wildman–Crippen LogP) is 1.50. The molecule has 0 unspecified atom stereocenters. The second-order valence-corrected chi connectivity index (χ2v) is 3.89. The zero-order valence-electron chi connectivity index (χ0n) is 9.97. The highest BCUT2D eigenvalue weighted by Crippen LogP contribution is 2.12. The maximum absolute atomic E-state index is 5.65. The Hall–Kier alpha value is -1.81. The molecule has 0 aliphatic heterocycles. The number of hydrogen-bond donors (Lipinski definition) is 1. The lowest BCUT2D eigenvalue weighted by atomic mass is 10.2. The van der Waals surface area contributed by atoms with Crippen LogP contribution in [0.5, 0.6) is 5.75 Å². The van der Waals surface area contributed by atoms with Gasteiger partial charge in [-0.05, 0) is 23.8 Å². The molecule has 1 aromatic carbocycles. The van der Waals surface area contributed by atoms with Crippen LogP contribution in [0.15, 0.2) is 36.5 Å². The van der Waals surface area contributed by atoms with Crippen LogP contribution in [0.4, 0.5) is 0 Å². The molecular weight excluding hydrogens is 214 g/mol. The van der Waals surface area contributed by atoms with Crippen molar-refractivity contribution in [2.45, 2.75) is 13.0 Å². The molecule has 1 heterocycles. The Balaban J connectivity index is 1.83. The third kappa shape index (κ3) is 3.07. The van der Waals surface area contributed by atoms with E-state index in [0.717, 1.165) is 17.7 Å². The van der Waals surface area contributed by atoms with Crippen molar-refractivity contribution in [1.29, 1.82) is 0 Å². The van der Waals surface area contributed by atoms with Crippen LogP contribution in [0.2, 0.25) is 0 Å². The van der Waals surface area contributed by atoms with Gasteiger partial charge in [-0.3, -0.25) is 4.68 Å². The fraction of sp³-hybridized carbons (Fsp3) is 0.308. The first-order valence-electron chi connectivity index (χ1n) is 5.68. The molecule has 0 saturated heterocycles. The number of ether oxygens (including phenoxy) is 1. The van der Waals surface area contributed by atoms with Gasteiger partial charge < -0.3 is 10.5 Å². The average molecular weight is 231 g/mol. The molecule has 2 N–H and O–H groups in total. The number of aryl methyl sites for hydroxylation is 1. The van der Waals surface area contributed by atoms with Gasteiger partial charge in [0.25, 0.3) is 0 Å². The van der Waals surface area contributed by atoms with E-state index in [-0.39, 0.29) is 0 Å². The van der Waals surface area contributed by atoms with Crippen LogP contribution in [-0.2, 0) is 20.0 Å². The van der Waals surface area contributed by atoms with Crippen molar-refractivity contribution in [2.24, 2.45) is 12.8 Å². The number of aromatic nitrogens is 2. The van der Waals surface area contributed by atoms with Crippen molar-refractivity contribution in [1.82, 2.24) is 9.78 Å². The van der Waals surface area contributed by atoms with Crippen LogP contribution < -0.4 is 10.5 Å². The van der Waals surface area contributed by atoms with Crippen LogP contribution in [0.3, 0.4) is 0 Å². The number of rotatable bonds is 5. The maximum atomic E-state index is 5.65. The number of benzene rings is 1. The minimum absolute atomic E-state index is 0.565. The Kier molecular flexibility index (Phi) is 3.77. The molecule has 0 aliphatic rings. The highest BCUT2D eigenvalue weighted by molar-refractivity contribution is 5.27. The highest BCUT2D eigenvalue weighted by Gasteiger charge is 1.99. The minimum atomic E-state index is 0.565. The standard InChI is InChI=1S/C13H17N3O/c1-16-12(6-8-15-16)7-9-17-13-4-2-11(10-14)3-5-13/h2-6,8H,7,9-10,14H2,1H3. The first kappa shape index (κ1) is 11.7. The number of hydrogen-bond acceptors (Lipinski definition) is 3. The zero-order chi connectivity index (χ0) is 12.1. The summed E-state index contributed by atoms with van der Waals surface area (Å²) in [5.41, 5.74) is 7.82. The van der Waals surface area contributed by atoms with Crippen LogP contribution >= 0.6 is 0 Å². The summed E-state index contributed by atoms with van der Waals surface area (Å²) in [6, 6.07) is 9.87. The molecule has 4 nitrogen and oxygen atoms in total. The summed E-state index contributed by atoms with van der Waals surface area (Å²) in [6.07, 6.45) is 2.65. The summed E-state index contributed by atoms with van der Waals surface area (Å²) < 4.78 is 7.51. The summed E-state index contributed by atoms with van der Waals surface area (Å²) >= 11 is 0. The molecule has 90 valence electrons. The molecule has 0 radical (unpaired) electrons. The SMILES string of the molecule is Cn1nccc1CCOc1ccc(CN)cc1. The predicted molar refractivity (Wildman–Crippen MR) is 66.7 cm³/mol. The van der Waals surface area contributed by atoms with Gasteiger partial charge in [0.1, 0.15) is 5.75 Å². The van der Waals surface area contributed by atoms with E-state index >= 15 is 0 Å². The molecule has 1 aromatic heterocycles.